The van der Waals surface area contributed by atoms with Crippen molar-refractivity contribution in [2.24, 2.45) is 5.92 Å². The van der Waals surface area contributed by atoms with E-state index in [0.29, 0.717) is 6.54 Å². The molecule has 1 fully saturated rings. The summed E-state index contributed by atoms with van der Waals surface area (Å²) in [5, 5.41) is 21.3. The Labute approximate surface area is 129 Å². The molecule has 1 unspecified atom stereocenters. The van der Waals surface area contributed by atoms with Crippen molar-refractivity contribution in [1.82, 2.24) is 15.1 Å². The number of fused-ring (bicyclic) bond motifs is 1. The zero-order chi connectivity index (χ0) is 15.5. The Morgan fingerprint density at radius 2 is 2.32 bits per heavy atom. The number of benzene rings is 1. The van der Waals surface area contributed by atoms with Crippen LogP contribution in [0.2, 0.25) is 0 Å². The van der Waals surface area contributed by atoms with Crippen LogP contribution in [0.1, 0.15) is 18.5 Å². The molecule has 1 aromatic carbocycles. The number of carbonyl (C=O) groups is 1. The van der Waals surface area contributed by atoms with Crippen LogP contribution >= 0.6 is 0 Å². The van der Waals surface area contributed by atoms with Crippen LogP contribution in [0.4, 0.5) is 10.5 Å². The molecule has 0 aliphatic carbocycles. The lowest BCUT2D eigenvalue weighted by atomic mass is 9.99. The molecular formula is C16H20N4O2. The zero-order valence-corrected chi connectivity index (χ0v) is 12.6. The van der Waals surface area contributed by atoms with Gasteiger partial charge in [-0.2, -0.15) is 10.2 Å². The van der Waals surface area contributed by atoms with E-state index in [1.165, 1.54) is 0 Å². The third kappa shape index (κ3) is 3.01. The first-order valence-corrected chi connectivity index (χ1v) is 7.57. The molecule has 2 N–H and O–H groups in total. The number of hydrogen-bond acceptors (Lipinski definition) is 4. The molecular weight excluding hydrogens is 280 g/mol. The number of rotatable bonds is 2. The van der Waals surface area contributed by atoms with Gasteiger partial charge in [0, 0.05) is 25.1 Å². The van der Waals surface area contributed by atoms with E-state index in [1.807, 2.05) is 31.2 Å². The summed E-state index contributed by atoms with van der Waals surface area (Å²) in [5.74, 6) is 0.181. The van der Waals surface area contributed by atoms with Crippen LogP contribution in [0.5, 0.6) is 0 Å². The highest BCUT2D eigenvalue weighted by Crippen LogP contribution is 2.23. The largest absolute Gasteiger partial charge is 0.396 e. The topological polar surface area (TPSA) is 78.4 Å². The van der Waals surface area contributed by atoms with E-state index in [4.69, 9.17) is 0 Å². The van der Waals surface area contributed by atoms with Crippen LogP contribution in [-0.2, 0) is 0 Å². The van der Waals surface area contributed by atoms with Crippen molar-refractivity contribution >= 4 is 22.6 Å². The first-order valence-electron chi connectivity index (χ1n) is 7.57. The van der Waals surface area contributed by atoms with Crippen LogP contribution in [-0.4, -0.2) is 45.9 Å². The van der Waals surface area contributed by atoms with Crippen LogP contribution in [0, 0.1) is 12.8 Å². The average molecular weight is 300 g/mol. The highest BCUT2D eigenvalue weighted by atomic mass is 16.3. The summed E-state index contributed by atoms with van der Waals surface area (Å²) in [6.07, 6.45) is 1.90. The smallest absolute Gasteiger partial charge is 0.321 e. The summed E-state index contributed by atoms with van der Waals surface area (Å²) < 4.78 is 0. The number of carbonyl (C=O) groups excluding carboxylic acids is 1. The summed E-state index contributed by atoms with van der Waals surface area (Å²) >= 11 is 0. The van der Waals surface area contributed by atoms with Gasteiger partial charge in [0.15, 0.2) is 0 Å². The Bertz CT molecular complexity index is 689. The number of aromatic nitrogens is 2. The van der Waals surface area contributed by atoms with Gasteiger partial charge in [-0.3, -0.25) is 0 Å². The summed E-state index contributed by atoms with van der Waals surface area (Å²) in [6, 6.07) is 7.40. The number of likely N-dealkylation sites (tertiary alicyclic amines) is 1. The van der Waals surface area contributed by atoms with Crippen LogP contribution in [0.25, 0.3) is 10.9 Å². The molecule has 1 aliphatic heterocycles. The van der Waals surface area contributed by atoms with Gasteiger partial charge in [0.2, 0.25) is 0 Å². The van der Waals surface area contributed by atoms with Crippen LogP contribution in [0.15, 0.2) is 24.3 Å². The van der Waals surface area contributed by atoms with Crippen molar-refractivity contribution in [2.75, 3.05) is 25.0 Å². The maximum absolute atomic E-state index is 12.5. The highest BCUT2D eigenvalue weighted by molar-refractivity contribution is 6.00. The standard InChI is InChI=1S/C16H20N4O2/c1-11-8-13-14(5-2-6-15(13)19-18-11)17-16(22)20-7-3-4-12(9-20)10-21/h2,5-6,8,12,21H,3-4,7,9-10H2,1H3,(H,17,22). The van der Waals surface area contributed by atoms with Gasteiger partial charge >= 0.3 is 6.03 Å². The number of amides is 2. The molecule has 1 atom stereocenters. The predicted molar refractivity (Wildman–Crippen MR) is 84.7 cm³/mol. The molecule has 0 bridgehead atoms. The Balaban J connectivity index is 1.80. The molecule has 0 saturated carbocycles. The normalized spacial score (nSPS) is 18.5. The lowest BCUT2D eigenvalue weighted by molar-refractivity contribution is 0.136. The third-order valence-corrected chi connectivity index (χ3v) is 4.06. The first kappa shape index (κ1) is 14.7. The number of aliphatic hydroxyl groups excluding tert-OH is 1. The Hall–Kier alpha value is -2.21. The number of nitrogens with one attached hydrogen (secondary N) is 1. The number of nitrogens with zero attached hydrogens (tertiary/aromatic N) is 3. The fourth-order valence-corrected chi connectivity index (χ4v) is 2.86. The van der Waals surface area contributed by atoms with Crippen LogP contribution < -0.4 is 5.32 Å². The zero-order valence-electron chi connectivity index (χ0n) is 12.6. The molecule has 116 valence electrons. The van der Waals surface area contributed by atoms with E-state index in [9.17, 15) is 9.90 Å². The lowest BCUT2D eigenvalue weighted by Gasteiger charge is -2.31. The number of piperidine rings is 1. The summed E-state index contributed by atoms with van der Waals surface area (Å²) in [5.41, 5.74) is 2.31. The van der Waals surface area contributed by atoms with Crippen LogP contribution in [0.3, 0.4) is 0 Å². The van der Waals surface area contributed by atoms with Crippen molar-refractivity contribution in [3.8, 4) is 0 Å². The molecule has 2 heterocycles. The Kier molecular flexibility index (Phi) is 4.20. The van der Waals surface area contributed by atoms with E-state index in [-0.39, 0.29) is 18.6 Å². The number of urea groups is 1. The second-order valence-corrected chi connectivity index (χ2v) is 5.79. The number of anilines is 1. The molecule has 3 rings (SSSR count). The minimum atomic E-state index is -0.125. The first-order chi connectivity index (χ1) is 10.7. The molecule has 0 radical (unpaired) electrons. The van der Waals surface area contributed by atoms with Gasteiger partial charge in [-0.25, -0.2) is 4.79 Å². The van der Waals surface area contributed by atoms with Gasteiger partial charge < -0.3 is 15.3 Å². The monoisotopic (exact) mass is 300 g/mol. The third-order valence-electron chi connectivity index (χ3n) is 4.06. The molecule has 6 heteroatoms. The second-order valence-electron chi connectivity index (χ2n) is 5.79. The molecule has 0 spiro atoms. The number of hydrogen-bond donors (Lipinski definition) is 2. The maximum Gasteiger partial charge on any atom is 0.321 e. The lowest BCUT2D eigenvalue weighted by Crippen LogP contribution is -2.43. The fraction of sp³-hybridized carbons (Fsp3) is 0.438. The molecule has 1 aliphatic rings. The quantitative estimate of drug-likeness (QED) is 0.891. The molecule has 1 aromatic heterocycles. The number of aryl methyl sites for hydroxylation is 1. The van der Waals surface area contributed by atoms with Gasteiger partial charge in [0.1, 0.15) is 0 Å². The molecule has 1 saturated heterocycles. The molecule has 2 amide bonds. The highest BCUT2D eigenvalue weighted by Gasteiger charge is 2.23. The van der Waals surface area contributed by atoms with Gasteiger partial charge in [0.25, 0.3) is 0 Å². The van der Waals surface area contributed by atoms with E-state index < -0.39 is 0 Å². The van der Waals surface area contributed by atoms with Crippen molar-refractivity contribution < 1.29 is 9.90 Å². The Morgan fingerprint density at radius 1 is 1.45 bits per heavy atom. The average Bonchev–Trinajstić information content (AvgIpc) is 2.55. The van der Waals surface area contributed by atoms with E-state index >= 15 is 0 Å². The van der Waals surface area contributed by atoms with Gasteiger partial charge in [0.05, 0.1) is 16.9 Å². The maximum atomic E-state index is 12.5. The SMILES string of the molecule is Cc1cc2c(NC(=O)N3CCCC(CO)C3)cccc2nn1. The minimum Gasteiger partial charge on any atom is -0.396 e. The van der Waals surface area contributed by atoms with Crippen molar-refractivity contribution in [3.63, 3.8) is 0 Å². The fourth-order valence-electron chi connectivity index (χ4n) is 2.86. The second kappa shape index (κ2) is 6.27. The minimum absolute atomic E-state index is 0.125. The summed E-state index contributed by atoms with van der Waals surface area (Å²) in [4.78, 5) is 14.2. The van der Waals surface area contributed by atoms with Crippen molar-refractivity contribution in [3.05, 3.63) is 30.0 Å². The van der Waals surface area contributed by atoms with Gasteiger partial charge in [-0.15, -0.1) is 0 Å². The Morgan fingerprint density at radius 3 is 3.14 bits per heavy atom. The molecule has 22 heavy (non-hydrogen) atoms. The van der Waals surface area contributed by atoms with E-state index in [0.717, 1.165) is 41.7 Å². The number of aliphatic hydroxyl groups is 1. The van der Waals surface area contributed by atoms with E-state index in [1.54, 1.807) is 4.90 Å². The van der Waals surface area contributed by atoms with Crippen molar-refractivity contribution in [2.45, 2.75) is 19.8 Å². The van der Waals surface area contributed by atoms with Crippen molar-refractivity contribution in [1.29, 1.82) is 0 Å². The summed E-state index contributed by atoms with van der Waals surface area (Å²) in [7, 11) is 0. The molecule has 2 aromatic rings. The summed E-state index contributed by atoms with van der Waals surface area (Å²) in [6.45, 7) is 3.34. The van der Waals surface area contributed by atoms with Gasteiger partial charge in [-0.1, -0.05) is 6.07 Å². The van der Waals surface area contributed by atoms with Gasteiger partial charge in [-0.05, 0) is 43.9 Å². The predicted octanol–water partition coefficient (Wildman–Crippen LogP) is 2.17. The molecule has 6 nitrogen and oxygen atoms in total. The van der Waals surface area contributed by atoms with E-state index in [2.05, 4.69) is 15.5 Å².